The number of nitrogens with one attached hydrogen (secondary N) is 1. The van der Waals surface area contributed by atoms with Gasteiger partial charge in [0.05, 0.1) is 6.61 Å². The highest BCUT2D eigenvalue weighted by Crippen LogP contribution is 2.19. The highest BCUT2D eigenvalue weighted by atomic mass is 127. The molecule has 0 radical (unpaired) electrons. The minimum atomic E-state index is 0.802. The third kappa shape index (κ3) is 4.71. The van der Waals surface area contributed by atoms with Gasteiger partial charge in [-0.2, -0.15) is 0 Å². The average Bonchev–Trinajstić information content (AvgIpc) is 2.48. The summed E-state index contributed by atoms with van der Waals surface area (Å²) in [6.45, 7) is 3.80. The van der Waals surface area contributed by atoms with Crippen LogP contribution in [-0.4, -0.2) is 6.61 Å². The molecule has 0 aliphatic rings. The van der Waals surface area contributed by atoms with Gasteiger partial charge in [-0.3, -0.25) is 0 Å². The molecule has 0 aliphatic heterocycles. The van der Waals surface area contributed by atoms with Crippen LogP contribution in [0.2, 0.25) is 0 Å². The van der Waals surface area contributed by atoms with Crippen LogP contribution >= 0.6 is 22.6 Å². The second kappa shape index (κ2) is 8.15. The maximum atomic E-state index is 5.66. The first-order valence-corrected chi connectivity index (χ1v) is 8.07. The summed E-state index contributed by atoms with van der Waals surface area (Å²) in [5.41, 5.74) is 2.43. The number of anilines is 1. The zero-order valence-electron chi connectivity index (χ0n) is 11.7. The van der Waals surface area contributed by atoms with Crippen molar-refractivity contribution in [1.29, 1.82) is 0 Å². The van der Waals surface area contributed by atoms with E-state index >= 15 is 0 Å². The predicted molar refractivity (Wildman–Crippen MR) is 93.3 cm³/mol. The monoisotopic (exact) mass is 381 g/mol. The Hall–Kier alpha value is -1.23. The zero-order chi connectivity index (χ0) is 14.2. The Labute approximate surface area is 134 Å². The summed E-state index contributed by atoms with van der Waals surface area (Å²) in [4.78, 5) is 0. The van der Waals surface area contributed by atoms with E-state index in [4.69, 9.17) is 4.74 Å². The smallest absolute Gasteiger partial charge is 0.119 e. The minimum absolute atomic E-state index is 0.802. The van der Waals surface area contributed by atoms with Crippen LogP contribution in [0.25, 0.3) is 0 Å². The fraction of sp³-hybridized carbons (Fsp3) is 0.294. The lowest BCUT2D eigenvalue weighted by atomic mass is 10.2. The van der Waals surface area contributed by atoms with Gasteiger partial charge in [-0.05, 0) is 58.8 Å². The van der Waals surface area contributed by atoms with Crippen LogP contribution in [0.3, 0.4) is 0 Å². The van der Waals surface area contributed by atoms with Crippen molar-refractivity contribution < 1.29 is 4.74 Å². The van der Waals surface area contributed by atoms with Crippen molar-refractivity contribution in [3.8, 4) is 5.75 Å². The van der Waals surface area contributed by atoms with Gasteiger partial charge in [0, 0.05) is 15.8 Å². The first kappa shape index (κ1) is 15.2. The van der Waals surface area contributed by atoms with Gasteiger partial charge in [0.2, 0.25) is 0 Å². The van der Waals surface area contributed by atoms with Crippen molar-refractivity contribution >= 4 is 28.3 Å². The molecule has 0 bridgehead atoms. The lowest BCUT2D eigenvalue weighted by Gasteiger charge is -2.09. The quantitative estimate of drug-likeness (QED) is 0.533. The van der Waals surface area contributed by atoms with Crippen molar-refractivity contribution in [3.05, 3.63) is 57.7 Å². The molecule has 2 aromatic rings. The predicted octanol–water partition coefficient (Wildman–Crippen LogP) is 5.08. The molecule has 0 atom stereocenters. The summed E-state index contributed by atoms with van der Waals surface area (Å²) in [5.74, 6) is 0.955. The van der Waals surface area contributed by atoms with E-state index in [0.29, 0.717) is 0 Å². The molecule has 0 aliphatic carbocycles. The molecule has 0 unspecified atom stereocenters. The fourth-order valence-electron chi connectivity index (χ4n) is 1.84. The Bertz CT molecular complexity index is 525. The third-order valence-corrected chi connectivity index (χ3v) is 3.99. The van der Waals surface area contributed by atoms with Gasteiger partial charge in [-0.15, -0.1) is 0 Å². The minimum Gasteiger partial charge on any atom is -0.494 e. The second-order valence-corrected chi connectivity index (χ2v) is 5.84. The molecule has 0 spiro atoms. The fourth-order valence-corrected chi connectivity index (χ4v) is 2.42. The van der Waals surface area contributed by atoms with E-state index in [1.54, 1.807) is 0 Å². The Morgan fingerprint density at radius 2 is 1.80 bits per heavy atom. The molecule has 0 amide bonds. The summed E-state index contributed by atoms with van der Waals surface area (Å²) >= 11 is 2.34. The topological polar surface area (TPSA) is 21.3 Å². The van der Waals surface area contributed by atoms with Crippen LogP contribution in [0.15, 0.2) is 48.5 Å². The molecule has 0 aromatic heterocycles. The van der Waals surface area contributed by atoms with Gasteiger partial charge in [0.25, 0.3) is 0 Å². The van der Waals surface area contributed by atoms with Gasteiger partial charge < -0.3 is 10.1 Å². The van der Waals surface area contributed by atoms with E-state index in [1.807, 2.05) is 12.1 Å². The van der Waals surface area contributed by atoms with E-state index in [-0.39, 0.29) is 0 Å². The second-order valence-electron chi connectivity index (χ2n) is 4.68. The van der Waals surface area contributed by atoms with Crippen LogP contribution in [0.1, 0.15) is 25.3 Å². The molecule has 106 valence electrons. The van der Waals surface area contributed by atoms with E-state index in [9.17, 15) is 0 Å². The SMILES string of the molecule is CCCCOc1ccc(CNc2ccccc2I)cc1. The lowest BCUT2D eigenvalue weighted by molar-refractivity contribution is 0.309. The number of benzene rings is 2. The van der Waals surface area contributed by atoms with Gasteiger partial charge in [0.1, 0.15) is 5.75 Å². The molecule has 0 saturated carbocycles. The highest BCUT2D eigenvalue weighted by Gasteiger charge is 1.99. The normalized spacial score (nSPS) is 10.3. The molecular weight excluding hydrogens is 361 g/mol. The van der Waals surface area contributed by atoms with E-state index in [2.05, 4.69) is 71.2 Å². The van der Waals surface area contributed by atoms with Crippen molar-refractivity contribution in [1.82, 2.24) is 0 Å². The average molecular weight is 381 g/mol. The maximum Gasteiger partial charge on any atom is 0.119 e. The summed E-state index contributed by atoms with van der Waals surface area (Å²) in [7, 11) is 0. The maximum absolute atomic E-state index is 5.66. The largest absolute Gasteiger partial charge is 0.494 e. The molecule has 0 fully saturated rings. The van der Waals surface area contributed by atoms with Crippen LogP contribution in [0.5, 0.6) is 5.75 Å². The van der Waals surface area contributed by atoms with Gasteiger partial charge in [-0.25, -0.2) is 0 Å². The van der Waals surface area contributed by atoms with Crippen LogP contribution < -0.4 is 10.1 Å². The summed E-state index contributed by atoms with van der Waals surface area (Å²) in [6, 6.07) is 16.6. The van der Waals surface area contributed by atoms with E-state index in [0.717, 1.165) is 31.7 Å². The number of halogens is 1. The lowest BCUT2D eigenvalue weighted by Crippen LogP contribution is -2.01. The van der Waals surface area contributed by atoms with Gasteiger partial charge in [0.15, 0.2) is 0 Å². The van der Waals surface area contributed by atoms with Gasteiger partial charge in [-0.1, -0.05) is 37.6 Å². The summed E-state index contributed by atoms with van der Waals surface area (Å²) in [6.07, 6.45) is 2.27. The number of unbranched alkanes of at least 4 members (excludes halogenated alkanes) is 1. The van der Waals surface area contributed by atoms with E-state index < -0.39 is 0 Å². The Balaban J connectivity index is 1.86. The van der Waals surface area contributed by atoms with Crippen molar-refractivity contribution in [2.45, 2.75) is 26.3 Å². The standard InChI is InChI=1S/C17H20INO/c1-2-3-12-20-15-10-8-14(9-11-15)13-19-17-7-5-4-6-16(17)18/h4-11,19H,2-3,12-13H2,1H3. The highest BCUT2D eigenvalue weighted by molar-refractivity contribution is 14.1. The Morgan fingerprint density at radius 1 is 1.05 bits per heavy atom. The number of rotatable bonds is 7. The molecule has 3 heteroatoms. The molecule has 0 saturated heterocycles. The number of hydrogen-bond donors (Lipinski definition) is 1. The molecular formula is C17H20INO. The number of para-hydroxylation sites is 1. The summed E-state index contributed by atoms with van der Waals surface area (Å²) < 4.78 is 6.90. The van der Waals surface area contributed by atoms with Crippen LogP contribution in [0.4, 0.5) is 5.69 Å². The van der Waals surface area contributed by atoms with Crippen molar-refractivity contribution in [2.24, 2.45) is 0 Å². The molecule has 20 heavy (non-hydrogen) atoms. The molecule has 2 aromatic carbocycles. The molecule has 2 rings (SSSR count). The zero-order valence-corrected chi connectivity index (χ0v) is 13.9. The Morgan fingerprint density at radius 3 is 2.50 bits per heavy atom. The number of hydrogen-bond acceptors (Lipinski definition) is 2. The van der Waals surface area contributed by atoms with Gasteiger partial charge >= 0.3 is 0 Å². The Kier molecular flexibility index (Phi) is 6.18. The van der Waals surface area contributed by atoms with E-state index in [1.165, 1.54) is 14.8 Å². The van der Waals surface area contributed by atoms with Crippen LogP contribution in [0, 0.1) is 3.57 Å². The van der Waals surface area contributed by atoms with Crippen molar-refractivity contribution in [3.63, 3.8) is 0 Å². The van der Waals surface area contributed by atoms with Crippen LogP contribution in [-0.2, 0) is 6.54 Å². The first-order chi connectivity index (χ1) is 9.79. The summed E-state index contributed by atoms with van der Waals surface area (Å²) in [5, 5.41) is 3.45. The molecule has 2 nitrogen and oxygen atoms in total. The number of ether oxygens (including phenoxy) is 1. The molecule has 1 N–H and O–H groups in total. The molecule has 0 heterocycles. The first-order valence-electron chi connectivity index (χ1n) is 6.99. The third-order valence-electron chi connectivity index (χ3n) is 3.05. The van der Waals surface area contributed by atoms with Crippen molar-refractivity contribution in [2.75, 3.05) is 11.9 Å².